The highest BCUT2D eigenvalue weighted by Crippen LogP contribution is 2.43. The Morgan fingerprint density at radius 1 is 1.00 bits per heavy atom. The number of hydrogen-bond donors (Lipinski definition) is 2. The maximum absolute atomic E-state index is 12.7. The quantitative estimate of drug-likeness (QED) is 0.715. The molecule has 2 aromatic carbocycles. The van der Waals surface area contributed by atoms with E-state index >= 15 is 0 Å². The summed E-state index contributed by atoms with van der Waals surface area (Å²) in [6.07, 6.45) is 0. The van der Waals surface area contributed by atoms with Crippen molar-refractivity contribution in [2.45, 2.75) is 0 Å². The predicted molar refractivity (Wildman–Crippen MR) is 83.0 cm³/mol. The summed E-state index contributed by atoms with van der Waals surface area (Å²) in [4.78, 5) is 12.7. The molecule has 120 valence electrons. The fraction of sp³-hybridized carbons (Fsp3) is 0.188. The van der Waals surface area contributed by atoms with Crippen LogP contribution in [0.4, 0.5) is 0 Å². The van der Waals surface area contributed by atoms with Crippen molar-refractivity contribution in [2.75, 3.05) is 21.3 Å². The van der Waals surface area contributed by atoms with E-state index in [4.69, 9.17) is 18.6 Å². The molecule has 1 aromatic heterocycles. The van der Waals surface area contributed by atoms with Gasteiger partial charge in [-0.05, 0) is 6.07 Å². The molecule has 0 radical (unpaired) electrons. The Kier molecular flexibility index (Phi) is 3.40. The Morgan fingerprint density at radius 3 is 2.35 bits per heavy atom. The topological polar surface area (TPSA) is 98.4 Å². The van der Waals surface area contributed by atoms with Gasteiger partial charge in [0, 0.05) is 12.1 Å². The number of methoxy groups -OCH3 is 3. The second-order valence-electron chi connectivity index (χ2n) is 4.79. The van der Waals surface area contributed by atoms with Crippen molar-refractivity contribution in [3.63, 3.8) is 0 Å². The van der Waals surface area contributed by atoms with Crippen LogP contribution in [-0.4, -0.2) is 31.5 Å². The van der Waals surface area contributed by atoms with Gasteiger partial charge < -0.3 is 28.8 Å². The molecule has 7 heteroatoms. The van der Waals surface area contributed by atoms with Crippen molar-refractivity contribution in [1.29, 1.82) is 0 Å². The van der Waals surface area contributed by atoms with Crippen molar-refractivity contribution in [3.05, 3.63) is 28.4 Å². The first kappa shape index (κ1) is 14.8. The minimum Gasteiger partial charge on any atom is -0.504 e. The van der Waals surface area contributed by atoms with Crippen molar-refractivity contribution >= 4 is 21.9 Å². The third-order valence-electron chi connectivity index (χ3n) is 3.57. The molecule has 1 heterocycles. The minimum atomic E-state index is -0.520. The summed E-state index contributed by atoms with van der Waals surface area (Å²) in [5, 5.41) is 20.4. The van der Waals surface area contributed by atoms with Gasteiger partial charge in [-0.25, -0.2) is 0 Å². The molecule has 2 N–H and O–H groups in total. The van der Waals surface area contributed by atoms with Crippen LogP contribution in [0.5, 0.6) is 28.7 Å². The lowest BCUT2D eigenvalue weighted by molar-refractivity contribution is 0.334. The molecule has 0 saturated carbocycles. The monoisotopic (exact) mass is 318 g/mol. The number of hydrogen-bond acceptors (Lipinski definition) is 7. The van der Waals surface area contributed by atoms with Crippen LogP contribution in [0, 0.1) is 0 Å². The zero-order chi connectivity index (χ0) is 16.7. The largest absolute Gasteiger partial charge is 0.504 e. The van der Waals surface area contributed by atoms with Crippen molar-refractivity contribution in [2.24, 2.45) is 0 Å². The molecule has 3 aromatic rings. The van der Waals surface area contributed by atoms with Gasteiger partial charge in [0.15, 0.2) is 22.8 Å². The first-order valence-electron chi connectivity index (χ1n) is 6.63. The first-order valence-corrected chi connectivity index (χ1v) is 6.63. The highest BCUT2D eigenvalue weighted by molar-refractivity contribution is 5.97. The lowest BCUT2D eigenvalue weighted by Gasteiger charge is -2.12. The average Bonchev–Trinajstić information content (AvgIpc) is 2.55. The number of aromatic hydroxyl groups is 2. The summed E-state index contributed by atoms with van der Waals surface area (Å²) in [5.74, 6) is -0.110. The molecule has 0 aliphatic carbocycles. The van der Waals surface area contributed by atoms with Crippen molar-refractivity contribution in [1.82, 2.24) is 0 Å². The molecule has 3 rings (SSSR count). The zero-order valence-electron chi connectivity index (χ0n) is 12.7. The van der Waals surface area contributed by atoms with Gasteiger partial charge >= 0.3 is 0 Å². The van der Waals surface area contributed by atoms with Gasteiger partial charge in [-0.1, -0.05) is 0 Å². The number of ether oxygens (including phenoxy) is 3. The Morgan fingerprint density at radius 2 is 1.74 bits per heavy atom. The van der Waals surface area contributed by atoms with Crippen LogP contribution in [0.25, 0.3) is 21.9 Å². The van der Waals surface area contributed by atoms with Gasteiger partial charge in [-0.15, -0.1) is 0 Å². The Hall–Kier alpha value is -3.09. The SMILES string of the molecule is COc1cc(O)c2oc3cc(OC)c(OC)c(O)c3c(=O)c2c1. The summed E-state index contributed by atoms with van der Waals surface area (Å²) in [6.45, 7) is 0. The normalized spacial score (nSPS) is 10.9. The molecule has 0 aliphatic rings. The summed E-state index contributed by atoms with van der Waals surface area (Å²) < 4.78 is 20.8. The van der Waals surface area contributed by atoms with Gasteiger partial charge in [-0.2, -0.15) is 0 Å². The van der Waals surface area contributed by atoms with Crippen LogP contribution >= 0.6 is 0 Å². The second-order valence-corrected chi connectivity index (χ2v) is 4.79. The molecular weight excluding hydrogens is 304 g/mol. The Labute approximate surface area is 130 Å². The van der Waals surface area contributed by atoms with Crippen molar-refractivity contribution in [3.8, 4) is 28.7 Å². The highest BCUT2D eigenvalue weighted by atomic mass is 16.5. The summed E-state index contributed by atoms with van der Waals surface area (Å²) in [6, 6.07) is 4.17. The average molecular weight is 318 g/mol. The molecule has 0 bridgehead atoms. The maximum atomic E-state index is 12.7. The zero-order valence-corrected chi connectivity index (χ0v) is 12.7. The lowest BCUT2D eigenvalue weighted by Crippen LogP contribution is -2.04. The van der Waals surface area contributed by atoms with Crippen LogP contribution < -0.4 is 19.6 Å². The van der Waals surface area contributed by atoms with E-state index in [9.17, 15) is 15.0 Å². The van der Waals surface area contributed by atoms with Gasteiger partial charge in [0.25, 0.3) is 0 Å². The molecule has 23 heavy (non-hydrogen) atoms. The molecule has 0 spiro atoms. The smallest absolute Gasteiger partial charge is 0.204 e. The van der Waals surface area contributed by atoms with Gasteiger partial charge in [0.1, 0.15) is 16.7 Å². The summed E-state index contributed by atoms with van der Waals surface area (Å²) in [7, 11) is 4.15. The van der Waals surface area contributed by atoms with Crippen molar-refractivity contribution < 1.29 is 28.8 Å². The van der Waals surface area contributed by atoms with Crippen LogP contribution in [0.1, 0.15) is 0 Å². The molecule has 0 atom stereocenters. The fourth-order valence-electron chi connectivity index (χ4n) is 2.48. The molecular formula is C16H14O7. The minimum absolute atomic E-state index is 0.00470. The first-order chi connectivity index (χ1) is 11.0. The van der Waals surface area contributed by atoms with Gasteiger partial charge in [0.2, 0.25) is 11.2 Å². The fourth-order valence-corrected chi connectivity index (χ4v) is 2.48. The molecule has 0 saturated heterocycles. The third-order valence-corrected chi connectivity index (χ3v) is 3.57. The number of rotatable bonds is 3. The summed E-state index contributed by atoms with van der Waals surface area (Å²) >= 11 is 0. The predicted octanol–water partition coefficient (Wildman–Crippen LogP) is 2.38. The second kappa shape index (κ2) is 5.28. The van der Waals surface area contributed by atoms with Crippen LogP contribution in [0.15, 0.2) is 27.4 Å². The van der Waals surface area contributed by atoms with E-state index in [0.717, 1.165) is 0 Å². The van der Waals surface area contributed by atoms with E-state index < -0.39 is 5.43 Å². The van der Waals surface area contributed by atoms with E-state index in [1.165, 1.54) is 39.5 Å². The Balaban J connectivity index is 2.54. The summed E-state index contributed by atoms with van der Waals surface area (Å²) in [5.41, 5.74) is -0.457. The van der Waals surface area contributed by atoms with E-state index in [0.29, 0.717) is 5.75 Å². The molecule has 0 unspecified atom stereocenters. The highest BCUT2D eigenvalue weighted by Gasteiger charge is 2.21. The maximum Gasteiger partial charge on any atom is 0.204 e. The Bertz CT molecular complexity index is 972. The third kappa shape index (κ3) is 2.09. The number of phenolic OH excluding ortho intramolecular Hbond substituents is 2. The van der Waals surface area contributed by atoms with Gasteiger partial charge in [0.05, 0.1) is 26.7 Å². The molecule has 7 nitrogen and oxygen atoms in total. The van der Waals surface area contributed by atoms with Crippen LogP contribution in [0.3, 0.4) is 0 Å². The van der Waals surface area contributed by atoms with E-state index in [-0.39, 0.29) is 44.9 Å². The number of benzene rings is 2. The van der Waals surface area contributed by atoms with Crippen LogP contribution in [0.2, 0.25) is 0 Å². The van der Waals surface area contributed by atoms with E-state index in [2.05, 4.69) is 0 Å². The molecule has 0 aliphatic heterocycles. The number of phenols is 2. The molecule has 0 amide bonds. The van der Waals surface area contributed by atoms with E-state index in [1.54, 1.807) is 0 Å². The molecule has 0 fully saturated rings. The van der Waals surface area contributed by atoms with E-state index in [1.807, 2.05) is 0 Å². The van der Waals surface area contributed by atoms with Crippen LogP contribution in [-0.2, 0) is 0 Å². The standard InChI is InChI=1S/C16H14O7/c1-20-7-4-8-13(18)12-10(23-15(8)9(17)5-7)6-11(21-2)16(22-3)14(12)19/h4-6,17,19H,1-3H3. The lowest BCUT2D eigenvalue weighted by atomic mass is 10.1. The number of fused-ring (bicyclic) bond motifs is 2. The van der Waals surface area contributed by atoms with Gasteiger partial charge in [-0.3, -0.25) is 4.79 Å².